The number of nitrogens with one attached hydrogen (secondary N) is 1. The Morgan fingerprint density at radius 2 is 1.85 bits per heavy atom. The van der Waals surface area contributed by atoms with Gasteiger partial charge in [-0.25, -0.2) is 9.97 Å². The predicted molar refractivity (Wildman–Crippen MR) is 84.7 cm³/mol. The van der Waals surface area contributed by atoms with Crippen molar-refractivity contribution in [3.05, 3.63) is 16.3 Å². The summed E-state index contributed by atoms with van der Waals surface area (Å²) in [5, 5.41) is 5.05. The zero-order chi connectivity index (χ0) is 13.5. The first kappa shape index (κ1) is 12.6. The van der Waals surface area contributed by atoms with E-state index < -0.39 is 0 Å². The molecular weight excluding hydrogens is 266 g/mol. The average molecular weight is 287 g/mol. The van der Waals surface area contributed by atoms with Gasteiger partial charge in [-0.1, -0.05) is 12.8 Å². The lowest BCUT2D eigenvalue weighted by Gasteiger charge is -2.16. The van der Waals surface area contributed by atoms with Gasteiger partial charge in [-0.15, -0.1) is 11.3 Å². The molecule has 4 heteroatoms. The molecule has 0 atom stereocenters. The van der Waals surface area contributed by atoms with Crippen LogP contribution < -0.4 is 5.32 Å². The summed E-state index contributed by atoms with van der Waals surface area (Å²) in [7, 11) is 0. The van der Waals surface area contributed by atoms with Crippen LogP contribution in [0.25, 0.3) is 10.2 Å². The first-order valence-corrected chi connectivity index (χ1v) is 8.68. The summed E-state index contributed by atoms with van der Waals surface area (Å²) in [5.41, 5.74) is 1.54. The van der Waals surface area contributed by atoms with Gasteiger partial charge in [0.1, 0.15) is 16.5 Å². The van der Waals surface area contributed by atoms with Crippen LogP contribution in [0.1, 0.15) is 54.8 Å². The molecule has 0 unspecified atom stereocenters. The molecule has 2 aromatic heterocycles. The number of anilines is 1. The Balaban J connectivity index is 1.82. The van der Waals surface area contributed by atoms with E-state index in [0.29, 0.717) is 6.04 Å². The first-order valence-electron chi connectivity index (χ1n) is 7.86. The van der Waals surface area contributed by atoms with Crippen molar-refractivity contribution in [2.45, 2.75) is 64.3 Å². The van der Waals surface area contributed by atoms with E-state index in [1.807, 2.05) is 18.3 Å². The highest BCUT2D eigenvalue weighted by Crippen LogP contribution is 2.39. The topological polar surface area (TPSA) is 37.8 Å². The Kier molecular flexibility index (Phi) is 3.14. The molecule has 0 aromatic carbocycles. The number of aryl methyl sites for hydroxylation is 3. The summed E-state index contributed by atoms with van der Waals surface area (Å²) in [6.07, 6.45) is 10.4. The van der Waals surface area contributed by atoms with Crippen molar-refractivity contribution in [1.82, 2.24) is 9.97 Å². The van der Waals surface area contributed by atoms with Crippen LogP contribution in [-0.4, -0.2) is 16.0 Å². The van der Waals surface area contributed by atoms with Gasteiger partial charge in [0.25, 0.3) is 0 Å². The second-order valence-electron chi connectivity index (χ2n) is 6.14. The molecule has 4 rings (SSSR count). The van der Waals surface area contributed by atoms with E-state index in [0.717, 1.165) is 11.6 Å². The third-order valence-electron chi connectivity index (χ3n) is 4.62. The van der Waals surface area contributed by atoms with Crippen LogP contribution in [0.5, 0.6) is 0 Å². The van der Waals surface area contributed by atoms with Gasteiger partial charge >= 0.3 is 0 Å². The van der Waals surface area contributed by atoms with E-state index in [4.69, 9.17) is 4.98 Å². The zero-order valence-electron chi connectivity index (χ0n) is 12.0. The lowest BCUT2D eigenvalue weighted by atomic mass is 9.97. The smallest absolute Gasteiger partial charge is 0.139 e. The van der Waals surface area contributed by atoms with Gasteiger partial charge in [0.15, 0.2) is 0 Å². The molecule has 1 N–H and O–H groups in total. The van der Waals surface area contributed by atoms with Gasteiger partial charge in [-0.05, 0) is 51.0 Å². The average Bonchev–Trinajstić information content (AvgIpc) is 3.04. The predicted octanol–water partition coefficient (Wildman–Crippen LogP) is 4.23. The van der Waals surface area contributed by atoms with Crippen LogP contribution in [0.4, 0.5) is 5.82 Å². The molecule has 3 nitrogen and oxygen atoms in total. The molecule has 0 spiro atoms. The van der Waals surface area contributed by atoms with Gasteiger partial charge in [0.05, 0.1) is 5.39 Å². The summed E-state index contributed by atoms with van der Waals surface area (Å²) in [5.74, 6) is 2.01. The third kappa shape index (κ3) is 2.10. The summed E-state index contributed by atoms with van der Waals surface area (Å²) >= 11 is 1.89. The number of fused-ring (bicyclic) bond motifs is 3. The normalized spacial score (nSPS) is 19.4. The largest absolute Gasteiger partial charge is 0.367 e. The number of hydrogen-bond acceptors (Lipinski definition) is 4. The molecular formula is C16H21N3S. The number of aromatic nitrogens is 2. The van der Waals surface area contributed by atoms with E-state index in [-0.39, 0.29) is 0 Å². The summed E-state index contributed by atoms with van der Waals surface area (Å²) in [6, 6.07) is 0.617. The van der Waals surface area contributed by atoms with Crippen LogP contribution in [0.2, 0.25) is 0 Å². The molecule has 2 aliphatic rings. The molecule has 1 fully saturated rings. The standard InChI is InChI=1S/C16H21N3S/c1-10-17-15(19-11-6-2-3-7-11)14-12-8-4-5-9-13(12)20-16(14)18-10/h11H,2-9H2,1H3,(H,17,18,19). The maximum atomic E-state index is 4.73. The summed E-state index contributed by atoms with van der Waals surface area (Å²) in [6.45, 7) is 2.01. The van der Waals surface area contributed by atoms with Gasteiger partial charge < -0.3 is 5.32 Å². The Bertz CT molecular complexity index is 641. The van der Waals surface area contributed by atoms with E-state index in [1.165, 1.54) is 67.1 Å². The number of hydrogen-bond donors (Lipinski definition) is 1. The maximum Gasteiger partial charge on any atom is 0.139 e. The Morgan fingerprint density at radius 3 is 2.70 bits per heavy atom. The number of nitrogens with zero attached hydrogens (tertiary/aromatic N) is 2. The highest BCUT2D eigenvalue weighted by molar-refractivity contribution is 7.19. The van der Waals surface area contributed by atoms with Gasteiger partial charge in [0, 0.05) is 10.9 Å². The quantitative estimate of drug-likeness (QED) is 0.898. The van der Waals surface area contributed by atoms with Crippen molar-refractivity contribution in [2.75, 3.05) is 5.32 Å². The van der Waals surface area contributed by atoms with Crippen molar-refractivity contribution < 1.29 is 0 Å². The van der Waals surface area contributed by atoms with E-state index >= 15 is 0 Å². The van der Waals surface area contributed by atoms with Crippen LogP contribution in [0.15, 0.2) is 0 Å². The van der Waals surface area contributed by atoms with Crippen LogP contribution >= 0.6 is 11.3 Å². The Labute approximate surface area is 123 Å². The molecule has 2 aromatic rings. The molecule has 2 aliphatic carbocycles. The van der Waals surface area contributed by atoms with Gasteiger partial charge in [0.2, 0.25) is 0 Å². The van der Waals surface area contributed by atoms with Crippen molar-refractivity contribution in [3.8, 4) is 0 Å². The number of rotatable bonds is 2. The van der Waals surface area contributed by atoms with Crippen LogP contribution in [0.3, 0.4) is 0 Å². The molecule has 0 amide bonds. The number of thiophene rings is 1. The van der Waals surface area contributed by atoms with E-state index in [1.54, 1.807) is 4.88 Å². The fourth-order valence-electron chi connectivity index (χ4n) is 3.63. The minimum Gasteiger partial charge on any atom is -0.367 e. The minimum absolute atomic E-state index is 0.617. The summed E-state index contributed by atoms with van der Waals surface area (Å²) < 4.78 is 0. The van der Waals surface area contributed by atoms with Crippen molar-refractivity contribution in [2.24, 2.45) is 0 Å². The van der Waals surface area contributed by atoms with Crippen molar-refractivity contribution in [1.29, 1.82) is 0 Å². The van der Waals surface area contributed by atoms with E-state index in [9.17, 15) is 0 Å². The summed E-state index contributed by atoms with van der Waals surface area (Å²) in [4.78, 5) is 12.2. The maximum absolute atomic E-state index is 4.73. The molecule has 1 saturated carbocycles. The fraction of sp³-hybridized carbons (Fsp3) is 0.625. The molecule has 0 saturated heterocycles. The molecule has 20 heavy (non-hydrogen) atoms. The van der Waals surface area contributed by atoms with Gasteiger partial charge in [-0.2, -0.15) is 0 Å². The molecule has 2 heterocycles. The SMILES string of the molecule is Cc1nc(NC2CCCC2)c2c3c(sc2n1)CCCC3. The second-order valence-corrected chi connectivity index (χ2v) is 7.22. The van der Waals surface area contributed by atoms with Crippen molar-refractivity contribution >= 4 is 27.4 Å². The van der Waals surface area contributed by atoms with E-state index in [2.05, 4.69) is 10.3 Å². The zero-order valence-corrected chi connectivity index (χ0v) is 12.9. The van der Waals surface area contributed by atoms with Crippen LogP contribution in [0, 0.1) is 6.92 Å². The Hall–Kier alpha value is -1.16. The highest BCUT2D eigenvalue weighted by atomic mass is 32.1. The lowest BCUT2D eigenvalue weighted by molar-refractivity contribution is 0.699. The van der Waals surface area contributed by atoms with Gasteiger partial charge in [-0.3, -0.25) is 0 Å². The van der Waals surface area contributed by atoms with Crippen molar-refractivity contribution in [3.63, 3.8) is 0 Å². The molecule has 0 bridgehead atoms. The Morgan fingerprint density at radius 1 is 1.05 bits per heavy atom. The lowest BCUT2D eigenvalue weighted by Crippen LogP contribution is -2.16. The first-order chi connectivity index (χ1) is 9.81. The monoisotopic (exact) mass is 287 g/mol. The molecule has 0 radical (unpaired) electrons. The highest BCUT2D eigenvalue weighted by Gasteiger charge is 2.22. The molecule has 106 valence electrons. The third-order valence-corrected chi connectivity index (χ3v) is 5.81. The fourth-order valence-corrected chi connectivity index (χ4v) is 4.94. The van der Waals surface area contributed by atoms with Crippen LogP contribution in [-0.2, 0) is 12.8 Å². The second kappa shape index (κ2) is 4.99. The minimum atomic E-state index is 0.617. The molecule has 0 aliphatic heterocycles.